The van der Waals surface area contributed by atoms with Gasteiger partial charge in [-0.15, -0.1) is 0 Å². The van der Waals surface area contributed by atoms with Gasteiger partial charge in [0, 0.05) is 11.1 Å². The highest BCUT2D eigenvalue weighted by Crippen LogP contribution is 2.52. The van der Waals surface area contributed by atoms with Crippen molar-refractivity contribution in [1.82, 2.24) is 0 Å². The molecule has 0 spiro atoms. The van der Waals surface area contributed by atoms with Crippen LogP contribution in [0.3, 0.4) is 0 Å². The maximum atomic E-state index is 5.76. The van der Waals surface area contributed by atoms with Crippen molar-refractivity contribution < 1.29 is 14.2 Å². The lowest BCUT2D eigenvalue weighted by Crippen LogP contribution is -2.00. The van der Waals surface area contributed by atoms with Crippen molar-refractivity contribution in [2.45, 2.75) is 12.2 Å². The van der Waals surface area contributed by atoms with E-state index < -0.39 is 0 Å². The van der Waals surface area contributed by atoms with Crippen molar-refractivity contribution in [3.05, 3.63) is 35.4 Å². The molecule has 1 aromatic carbocycles. The smallest absolute Gasteiger partial charge is 0.125 e. The number of fused-ring (bicyclic) bond motifs is 5. The van der Waals surface area contributed by atoms with Crippen LogP contribution >= 0.6 is 0 Å². The molecule has 0 aliphatic carbocycles. The molecule has 0 radical (unpaired) electrons. The van der Waals surface area contributed by atoms with Gasteiger partial charge in [-0.25, -0.2) is 0 Å². The highest BCUT2D eigenvalue weighted by atomic mass is 16.5. The van der Waals surface area contributed by atoms with Gasteiger partial charge in [0.15, 0.2) is 0 Å². The van der Waals surface area contributed by atoms with E-state index in [9.17, 15) is 0 Å². The second kappa shape index (κ2) is 3.00. The summed E-state index contributed by atoms with van der Waals surface area (Å²) in [4.78, 5) is 0. The number of rotatable bonds is 2. The zero-order chi connectivity index (χ0) is 10.4. The third kappa shape index (κ3) is 1.04. The standard InChI is InChI=1S/C12H12O3/c1-13-7-3-4-8(14-2)12-10-6-5-9(15-10)11(7)12/h3-6,9-10H,1-2H3/t9-,10+. The van der Waals surface area contributed by atoms with Crippen LogP contribution in [0.5, 0.6) is 11.5 Å². The van der Waals surface area contributed by atoms with Crippen molar-refractivity contribution in [3.63, 3.8) is 0 Å². The van der Waals surface area contributed by atoms with E-state index >= 15 is 0 Å². The van der Waals surface area contributed by atoms with Gasteiger partial charge in [-0.05, 0) is 12.1 Å². The maximum Gasteiger partial charge on any atom is 0.125 e. The maximum absolute atomic E-state index is 5.76. The fourth-order valence-corrected chi connectivity index (χ4v) is 2.32. The summed E-state index contributed by atoms with van der Waals surface area (Å²) in [5.41, 5.74) is 2.23. The number of ether oxygens (including phenoxy) is 3. The van der Waals surface area contributed by atoms with E-state index in [1.807, 2.05) is 12.1 Å². The lowest BCUT2D eigenvalue weighted by molar-refractivity contribution is 0.0862. The van der Waals surface area contributed by atoms with Gasteiger partial charge in [0.2, 0.25) is 0 Å². The van der Waals surface area contributed by atoms with Crippen LogP contribution in [0.4, 0.5) is 0 Å². The minimum atomic E-state index is 0.0371. The van der Waals surface area contributed by atoms with Crippen LogP contribution in [0.2, 0.25) is 0 Å². The molecule has 0 amide bonds. The van der Waals surface area contributed by atoms with Crippen molar-refractivity contribution in [1.29, 1.82) is 0 Å². The molecule has 2 aliphatic heterocycles. The third-order valence-electron chi connectivity index (χ3n) is 2.97. The summed E-state index contributed by atoms with van der Waals surface area (Å²) < 4.78 is 16.4. The molecule has 2 bridgehead atoms. The lowest BCUT2D eigenvalue weighted by Gasteiger charge is -2.15. The van der Waals surface area contributed by atoms with E-state index in [1.165, 1.54) is 0 Å². The van der Waals surface area contributed by atoms with E-state index in [0.717, 1.165) is 22.6 Å². The Kier molecular flexibility index (Phi) is 1.76. The highest BCUT2D eigenvalue weighted by molar-refractivity contribution is 5.57. The van der Waals surface area contributed by atoms with Crippen molar-refractivity contribution >= 4 is 0 Å². The molecule has 0 saturated heterocycles. The second-order valence-corrected chi connectivity index (χ2v) is 3.66. The molecule has 0 aromatic heterocycles. The number of benzene rings is 1. The van der Waals surface area contributed by atoms with Crippen molar-refractivity contribution in [2.24, 2.45) is 0 Å². The zero-order valence-corrected chi connectivity index (χ0v) is 8.69. The first-order valence-electron chi connectivity index (χ1n) is 4.93. The Balaban J connectivity index is 2.23. The molecule has 1 aromatic rings. The number of hydrogen-bond donors (Lipinski definition) is 0. The molecule has 0 fully saturated rings. The molecule has 78 valence electrons. The first kappa shape index (κ1) is 8.80. The molecule has 2 heterocycles. The predicted molar refractivity (Wildman–Crippen MR) is 55.3 cm³/mol. The Bertz CT molecular complexity index is 398. The SMILES string of the molecule is COc1ccc(OC)c2c1[C@@H]1C=C[C@H]2O1. The van der Waals surface area contributed by atoms with Gasteiger partial charge in [0.1, 0.15) is 23.7 Å². The molecule has 3 rings (SSSR count). The number of hydrogen-bond acceptors (Lipinski definition) is 3. The van der Waals surface area contributed by atoms with E-state index in [4.69, 9.17) is 14.2 Å². The fraction of sp³-hybridized carbons (Fsp3) is 0.333. The van der Waals surface area contributed by atoms with Gasteiger partial charge in [-0.1, -0.05) is 12.2 Å². The van der Waals surface area contributed by atoms with Crippen LogP contribution in [0, 0.1) is 0 Å². The number of methoxy groups -OCH3 is 2. The zero-order valence-electron chi connectivity index (χ0n) is 8.69. The third-order valence-corrected chi connectivity index (χ3v) is 2.97. The normalized spacial score (nSPS) is 25.5. The van der Waals surface area contributed by atoms with Crippen LogP contribution in [-0.2, 0) is 4.74 Å². The van der Waals surface area contributed by atoms with Crippen LogP contribution < -0.4 is 9.47 Å². The summed E-state index contributed by atoms with van der Waals surface area (Å²) in [6, 6.07) is 3.85. The quantitative estimate of drug-likeness (QED) is 0.692. The Morgan fingerprint density at radius 1 is 0.933 bits per heavy atom. The molecule has 3 heteroatoms. The first-order chi connectivity index (χ1) is 7.35. The minimum Gasteiger partial charge on any atom is -0.496 e. The Hall–Kier alpha value is -1.48. The van der Waals surface area contributed by atoms with Crippen molar-refractivity contribution in [2.75, 3.05) is 14.2 Å². The van der Waals surface area contributed by atoms with E-state index in [0.29, 0.717) is 0 Å². The fourth-order valence-electron chi connectivity index (χ4n) is 2.32. The predicted octanol–water partition coefficient (Wildman–Crippen LogP) is 2.39. The van der Waals surface area contributed by atoms with Crippen molar-refractivity contribution in [3.8, 4) is 11.5 Å². The summed E-state index contributed by atoms with van der Waals surface area (Å²) >= 11 is 0. The van der Waals surface area contributed by atoms with E-state index in [2.05, 4.69) is 12.2 Å². The topological polar surface area (TPSA) is 27.7 Å². The van der Waals surface area contributed by atoms with E-state index in [-0.39, 0.29) is 12.2 Å². The monoisotopic (exact) mass is 204 g/mol. The van der Waals surface area contributed by atoms with Crippen LogP contribution in [0.25, 0.3) is 0 Å². The Morgan fingerprint density at radius 2 is 1.40 bits per heavy atom. The molecule has 3 nitrogen and oxygen atoms in total. The lowest BCUT2D eigenvalue weighted by atomic mass is 9.95. The summed E-state index contributed by atoms with van der Waals surface area (Å²) in [5, 5.41) is 0. The van der Waals surface area contributed by atoms with E-state index in [1.54, 1.807) is 14.2 Å². The molecule has 0 unspecified atom stereocenters. The average Bonchev–Trinajstić information content (AvgIpc) is 2.88. The molecule has 0 N–H and O–H groups in total. The molecule has 2 aliphatic rings. The summed E-state index contributed by atoms with van der Waals surface area (Å²) in [7, 11) is 3.36. The summed E-state index contributed by atoms with van der Waals surface area (Å²) in [6.07, 6.45) is 4.20. The second-order valence-electron chi connectivity index (χ2n) is 3.66. The van der Waals surface area contributed by atoms with Crippen LogP contribution in [0.15, 0.2) is 24.3 Å². The largest absolute Gasteiger partial charge is 0.496 e. The summed E-state index contributed by atoms with van der Waals surface area (Å²) in [6.45, 7) is 0. The molecular weight excluding hydrogens is 192 g/mol. The first-order valence-corrected chi connectivity index (χ1v) is 4.93. The Labute approximate surface area is 88.3 Å². The van der Waals surface area contributed by atoms with Crippen LogP contribution in [-0.4, -0.2) is 14.2 Å². The van der Waals surface area contributed by atoms with Gasteiger partial charge < -0.3 is 14.2 Å². The average molecular weight is 204 g/mol. The summed E-state index contributed by atoms with van der Waals surface area (Å²) in [5.74, 6) is 1.75. The Morgan fingerprint density at radius 3 is 1.80 bits per heavy atom. The highest BCUT2D eigenvalue weighted by Gasteiger charge is 2.38. The van der Waals surface area contributed by atoms with Gasteiger partial charge in [0.05, 0.1) is 14.2 Å². The molecular formula is C12H12O3. The van der Waals surface area contributed by atoms with Gasteiger partial charge >= 0.3 is 0 Å². The molecule has 2 atom stereocenters. The molecule has 0 saturated carbocycles. The minimum absolute atomic E-state index is 0.0371. The van der Waals surface area contributed by atoms with Gasteiger partial charge in [-0.3, -0.25) is 0 Å². The van der Waals surface area contributed by atoms with Gasteiger partial charge in [0.25, 0.3) is 0 Å². The molecule has 15 heavy (non-hydrogen) atoms. The van der Waals surface area contributed by atoms with Gasteiger partial charge in [-0.2, -0.15) is 0 Å². The van der Waals surface area contributed by atoms with Crippen LogP contribution in [0.1, 0.15) is 23.3 Å².